The SMILES string of the molecule is [2H]C1([2H])C[C@]2(C)C(=CC1=O)C=C[C@@H]1[C@H]2CC[C@@]2(C)[C@H]1CCC2([2H])C([2H])(O)C([2H])([2H])[2H]. The second-order valence-electron chi connectivity index (χ2n) is 8.21. The number of aliphatic hydroxyl groups is 1. The first-order valence-electron chi connectivity index (χ1n) is 12.2. The predicted octanol–water partition coefficient (Wildman–Crippen LogP) is 4.29. The molecule has 0 spiro atoms. The van der Waals surface area contributed by atoms with Gasteiger partial charge in [0.25, 0.3) is 0 Å². The van der Waals surface area contributed by atoms with Crippen molar-refractivity contribution in [2.24, 2.45) is 34.5 Å². The standard InChI is InChI=1S/C21H30O2/c1-13(22)17-6-7-18-16-5-4-14-12-15(23)8-10-20(14,2)19(16)9-11-21(17,18)3/h4-5,12-13,16-19,22H,6-11H2,1-3H3/t13?,16-,17?,18-,19+,20+,21+/m0/s1/i1D3,8D2,13D,17D. The van der Waals surface area contributed by atoms with Crippen molar-refractivity contribution in [3.8, 4) is 0 Å². The number of carbonyl (C=O) groups is 1. The molecule has 2 nitrogen and oxygen atoms in total. The summed E-state index contributed by atoms with van der Waals surface area (Å²) >= 11 is 0. The number of allylic oxidation sites excluding steroid dienone is 4. The lowest BCUT2D eigenvalue weighted by atomic mass is 9.48. The highest BCUT2D eigenvalue weighted by Crippen LogP contribution is 2.65. The van der Waals surface area contributed by atoms with Gasteiger partial charge in [-0.15, -0.1) is 0 Å². The first kappa shape index (κ1) is 9.56. The predicted molar refractivity (Wildman–Crippen MR) is 91.8 cm³/mol. The van der Waals surface area contributed by atoms with Gasteiger partial charge < -0.3 is 5.11 Å². The Bertz CT molecular complexity index is 845. The topological polar surface area (TPSA) is 37.3 Å². The van der Waals surface area contributed by atoms with E-state index in [0.29, 0.717) is 19.3 Å². The molecule has 0 aliphatic heterocycles. The summed E-state index contributed by atoms with van der Waals surface area (Å²) in [6, 6.07) is 0. The van der Waals surface area contributed by atoms with E-state index in [9.17, 15) is 9.90 Å². The van der Waals surface area contributed by atoms with E-state index in [1.54, 1.807) is 0 Å². The monoisotopic (exact) mass is 321 g/mol. The van der Waals surface area contributed by atoms with Crippen molar-refractivity contribution in [2.75, 3.05) is 0 Å². The van der Waals surface area contributed by atoms with Crippen LogP contribution in [0, 0.1) is 34.5 Å². The van der Waals surface area contributed by atoms with Crippen LogP contribution in [0.4, 0.5) is 0 Å². The molecule has 1 N–H and O–H groups in total. The van der Waals surface area contributed by atoms with Crippen LogP contribution in [0.2, 0.25) is 0 Å². The maximum absolute atomic E-state index is 12.2. The lowest BCUT2D eigenvalue weighted by Gasteiger charge is -2.56. The van der Waals surface area contributed by atoms with Gasteiger partial charge in [-0.25, -0.2) is 0 Å². The molecule has 2 heteroatoms. The number of rotatable bonds is 1. The van der Waals surface area contributed by atoms with Gasteiger partial charge in [-0.1, -0.05) is 26.0 Å². The van der Waals surface area contributed by atoms with E-state index >= 15 is 0 Å². The molecule has 0 radical (unpaired) electrons. The minimum absolute atomic E-state index is 0.00507. The summed E-state index contributed by atoms with van der Waals surface area (Å²) in [6.07, 6.45) is 2.54. The van der Waals surface area contributed by atoms with Crippen LogP contribution in [0.3, 0.4) is 0 Å². The molecule has 7 atom stereocenters. The van der Waals surface area contributed by atoms with Crippen molar-refractivity contribution < 1.29 is 19.5 Å². The Morgan fingerprint density at radius 1 is 1.39 bits per heavy atom. The van der Waals surface area contributed by atoms with E-state index in [1.165, 1.54) is 6.08 Å². The Morgan fingerprint density at radius 3 is 3.00 bits per heavy atom. The first-order chi connectivity index (χ1) is 13.5. The van der Waals surface area contributed by atoms with Crippen LogP contribution in [0.15, 0.2) is 23.8 Å². The van der Waals surface area contributed by atoms with E-state index in [-0.39, 0.29) is 30.6 Å². The van der Waals surface area contributed by atoms with Gasteiger partial charge >= 0.3 is 0 Å². The van der Waals surface area contributed by atoms with Crippen molar-refractivity contribution >= 4 is 5.78 Å². The molecule has 0 amide bonds. The Hall–Kier alpha value is -0.890. The fourth-order valence-corrected chi connectivity index (χ4v) is 5.94. The molecule has 2 saturated carbocycles. The average Bonchev–Trinajstić information content (AvgIpc) is 2.88. The van der Waals surface area contributed by atoms with Gasteiger partial charge in [0, 0.05) is 14.6 Å². The summed E-state index contributed by atoms with van der Waals surface area (Å²) in [4.78, 5) is 12.2. The molecule has 0 saturated heterocycles. The third-order valence-corrected chi connectivity index (χ3v) is 7.30. The molecule has 126 valence electrons. The second kappa shape index (κ2) is 5.05. The largest absolute Gasteiger partial charge is 0.393 e. The maximum Gasteiger partial charge on any atom is 0.156 e. The van der Waals surface area contributed by atoms with Crippen LogP contribution in [0.1, 0.15) is 68.8 Å². The molecular formula is C21H30O2. The molecule has 0 heterocycles. The molecular weight excluding hydrogens is 284 g/mol. The highest BCUT2D eigenvalue weighted by atomic mass is 16.3. The summed E-state index contributed by atoms with van der Waals surface area (Å²) in [6.45, 7) is 0.886. The summed E-state index contributed by atoms with van der Waals surface area (Å²) in [5.74, 6) is -2.32. The van der Waals surface area contributed by atoms with Gasteiger partial charge in [-0.2, -0.15) is 0 Å². The molecule has 4 aliphatic carbocycles. The molecule has 0 aromatic rings. The van der Waals surface area contributed by atoms with Crippen molar-refractivity contribution in [3.05, 3.63) is 23.8 Å². The highest BCUT2D eigenvalue weighted by Gasteiger charge is 2.58. The number of ketones is 1. The number of hydrogen-bond acceptors (Lipinski definition) is 2. The average molecular weight is 322 g/mol. The zero-order valence-corrected chi connectivity index (χ0v) is 13.9. The van der Waals surface area contributed by atoms with Gasteiger partial charge in [-0.05, 0) is 85.1 Å². The van der Waals surface area contributed by atoms with Crippen LogP contribution >= 0.6 is 0 Å². The van der Waals surface area contributed by atoms with E-state index in [2.05, 4.69) is 0 Å². The van der Waals surface area contributed by atoms with Crippen molar-refractivity contribution in [3.63, 3.8) is 0 Å². The Balaban J connectivity index is 1.75. The zero-order valence-electron chi connectivity index (χ0n) is 20.9. The normalized spacial score (nSPS) is 61.7. The molecule has 4 aliphatic rings. The molecule has 0 bridgehead atoms. The third kappa shape index (κ3) is 2.06. The van der Waals surface area contributed by atoms with E-state index in [4.69, 9.17) is 9.60 Å². The van der Waals surface area contributed by atoms with Gasteiger partial charge in [0.05, 0.1) is 7.45 Å². The Kier molecular flexibility index (Phi) is 2.10. The Morgan fingerprint density at radius 2 is 2.22 bits per heavy atom. The molecule has 0 aromatic carbocycles. The zero-order chi connectivity index (χ0) is 22.5. The van der Waals surface area contributed by atoms with E-state index in [1.807, 2.05) is 26.0 Å². The van der Waals surface area contributed by atoms with Crippen LogP contribution < -0.4 is 0 Å². The molecule has 0 aromatic heterocycles. The first-order valence-corrected chi connectivity index (χ1v) is 8.69. The fraction of sp³-hybridized carbons (Fsp3) is 0.762. The second-order valence-corrected chi connectivity index (χ2v) is 8.21. The summed E-state index contributed by atoms with van der Waals surface area (Å²) < 4.78 is 56.8. The molecule has 2 unspecified atom stereocenters. The summed E-state index contributed by atoms with van der Waals surface area (Å²) in [7, 11) is 0. The number of hydrogen-bond donors (Lipinski definition) is 1. The third-order valence-electron chi connectivity index (χ3n) is 7.30. The Labute approximate surface area is 149 Å². The number of carbonyl (C=O) groups excluding carboxylic acids is 1. The van der Waals surface area contributed by atoms with Crippen LogP contribution in [-0.4, -0.2) is 17.0 Å². The minimum atomic E-state index is -2.98. The van der Waals surface area contributed by atoms with Gasteiger partial charge in [0.15, 0.2) is 5.78 Å². The molecule has 4 rings (SSSR count). The highest BCUT2D eigenvalue weighted by molar-refractivity contribution is 5.92. The molecule has 23 heavy (non-hydrogen) atoms. The molecule has 2 fully saturated rings. The van der Waals surface area contributed by atoms with Gasteiger partial charge in [0.2, 0.25) is 0 Å². The summed E-state index contributed by atoms with van der Waals surface area (Å²) in [5, 5.41) is 10.7. The van der Waals surface area contributed by atoms with Gasteiger partial charge in [-0.3, -0.25) is 4.79 Å². The maximum atomic E-state index is 12.2. The lowest BCUT2D eigenvalue weighted by Crippen LogP contribution is -2.49. The number of fused-ring (bicyclic) bond motifs is 5. The lowest BCUT2D eigenvalue weighted by molar-refractivity contribution is -0.116. The fourth-order valence-electron chi connectivity index (χ4n) is 5.94. The van der Waals surface area contributed by atoms with Crippen molar-refractivity contribution in [2.45, 2.75) is 65.3 Å². The van der Waals surface area contributed by atoms with E-state index in [0.717, 1.165) is 5.57 Å². The van der Waals surface area contributed by atoms with Gasteiger partial charge in [0.1, 0.15) is 0 Å². The van der Waals surface area contributed by atoms with Crippen molar-refractivity contribution in [1.29, 1.82) is 0 Å². The van der Waals surface area contributed by atoms with E-state index < -0.39 is 41.8 Å². The van der Waals surface area contributed by atoms with Crippen LogP contribution in [-0.2, 0) is 4.79 Å². The smallest absolute Gasteiger partial charge is 0.156 e. The van der Waals surface area contributed by atoms with Crippen LogP contribution in [0.5, 0.6) is 0 Å². The minimum Gasteiger partial charge on any atom is -0.393 e. The van der Waals surface area contributed by atoms with Crippen LogP contribution in [0.25, 0.3) is 0 Å². The summed E-state index contributed by atoms with van der Waals surface area (Å²) in [5.41, 5.74) is -0.501. The van der Waals surface area contributed by atoms with Crippen molar-refractivity contribution in [1.82, 2.24) is 0 Å². The quantitative estimate of drug-likeness (QED) is 0.782.